The van der Waals surface area contributed by atoms with Gasteiger partial charge in [-0.2, -0.15) is 0 Å². The van der Waals surface area contributed by atoms with Crippen molar-refractivity contribution in [2.75, 3.05) is 26.2 Å². The van der Waals surface area contributed by atoms with Crippen molar-refractivity contribution in [1.29, 1.82) is 0 Å². The van der Waals surface area contributed by atoms with E-state index < -0.39 is 0 Å². The molecule has 1 aliphatic heterocycles. The monoisotopic (exact) mass is 281 g/mol. The first-order valence-electron chi connectivity index (χ1n) is 8.41. The molecular formula is C16H31N3O. The van der Waals surface area contributed by atoms with Crippen molar-refractivity contribution in [2.45, 2.75) is 57.9 Å². The number of carbonyl (C=O) groups is 1. The molecule has 2 rings (SSSR count). The second kappa shape index (κ2) is 7.99. The maximum absolute atomic E-state index is 11.2. The molecule has 1 aliphatic carbocycles. The van der Waals surface area contributed by atoms with Gasteiger partial charge in [-0.25, -0.2) is 0 Å². The molecule has 0 spiro atoms. The quantitative estimate of drug-likeness (QED) is 0.712. The number of nitrogens with one attached hydrogen (secondary N) is 1. The van der Waals surface area contributed by atoms with E-state index in [-0.39, 0.29) is 5.91 Å². The van der Waals surface area contributed by atoms with E-state index in [4.69, 9.17) is 5.73 Å². The van der Waals surface area contributed by atoms with Gasteiger partial charge in [-0.3, -0.25) is 9.69 Å². The molecule has 3 N–H and O–H groups in total. The highest BCUT2D eigenvalue weighted by Gasteiger charge is 2.28. The van der Waals surface area contributed by atoms with E-state index in [9.17, 15) is 4.79 Å². The zero-order chi connectivity index (χ0) is 14.4. The second-order valence-corrected chi connectivity index (χ2v) is 6.81. The fourth-order valence-electron chi connectivity index (χ4n) is 3.53. The highest BCUT2D eigenvalue weighted by Crippen LogP contribution is 2.26. The molecule has 0 aromatic heterocycles. The molecule has 116 valence electrons. The molecule has 2 unspecified atom stereocenters. The van der Waals surface area contributed by atoms with Crippen molar-refractivity contribution < 1.29 is 4.79 Å². The number of likely N-dealkylation sites (tertiary alicyclic amines) is 1. The predicted molar refractivity (Wildman–Crippen MR) is 82.4 cm³/mol. The summed E-state index contributed by atoms with van der Waals surface area (Å²) in [7, 11) is 0. The number of rotatable bonds is 8. The number of carbonyl (C=O) groups excluding carboxylic acids is 1. The largest absolute Gasteiger partial charge is 0.369 e. The lowest BCUT2D eigenvalue weighted by Gasteiger charge is -2.39. The van der Waals surface area contributed by atoms with Gasteiger partial charge in [-0.05, 0) is 44.1 Å². The third-order valence-electron chi connectivity index (χ3n) is 4.88. The number of hydrogen-bond acceptors (Lipinski definition) is 3. The Balaban J connectivity index is 1.79. The minimum absolute atomic E-state index is 0.195. The normalized spacial score (nSPS) is 28.2. The van der Waals surface area contributed by atoms with Gasteiger partial charge in [0, 0.05) is 19.1 Å². The second-order valence-electron chi connectivity index (χ2n) is 6.81. The number of amides is 1. The lowest BCUT2D eigenvalue weighted by molar-refractivity contribution is -0.119. The van der Waals surface area contributed by atoms with Crippen LogP contribution in [0.1, 0.15) is 51.9 Å². The van der Waals surface area contributed by atoms with E-state index in [0.29, 0.717) is 12.6 Å². The Morgan fingerprint density at radius 3 is 2.70 bits per heavy atom. The molecule has 1 heterocycles. The SMILES string of the molecule is CCCCC1CC(NCC2CCC2)CN(CC(N)=O)C1. The highest BCUT2D eigenvalue weighted by molar-refractivity contribution is 5.75. The first kappa shape index (κ1) is 15.8. The summed E-state index contributed by atoms with van der Waals surface area (Å²) >= 11 is 0. The maximum Gasteiger partial charge on any atom is 0.231 e. The van der Waals surface area contributed by atoms with Crippen LogP contribution < -0.4 is 11.1 Å². The van der Waals surface area contributed by atoms with Crippen molar-refractivity contribution in [2.24, 2.45) is 17.6 Å². The minimum atomic E-state index is -0.195. The summed E-state index contributed by atoms with van der Waals surface area (Å²) in [6.45, 7) is 5.86. The van der Waals surface area contributed by atoms with E-state index in [1.165, 1.54) is 44.9 Å². The van der Waals surface area contributed by atoms with Crippen LogP contribution in [0.5, 0.6) is 0 Å². The standard InChI is InChI=1S/C16H31N3O/c1-2-3-5-14-8-15(18-9-13-6-4-7-13)11-19(10-14)12-16(17)20/h13-15,18H,2-12H2,1H3,(H2,17,20). The Morgan fingerprint density at radius 2 is 2.10 bits per heavy atom. The molecule has 20 heavy (non-hydrogen) atoms. The van der Waals surface area contributed by atoms with Gasteiger partial charge >= 0.3 is 0 Å². The van der Waals surface area contributed by atoms with Crippen molar-refractivity contribution >= 4 is 5.91 Å². The van der Waals surface area contributed by atoms with Crippen molar-refractivity contribution in [3.05, 3.63) is 0 Å². The molecule has 2 fully saturated rings. The zero-order valence-electron chi connectivity index (χ0n) is 12.9. The Kier molecular flexibility index (Phi) is 6.30. The summed E-state index contributed by atoms with van der Waals surface area (Å²) in [4.78, 5) is 13.4. The van der Waals surface area contributed by atoms with Crippen LogP contribution in [0.3, 0.4) is 0 Å². The molecular weight excluding hydrogens is 250 g/mol. The summed E-state index contributed by atoms with van der Waals surface area (Å²) in [6, 6.07) is 0.547. The van der Waals surface area contributed by atoms with Gasteiger partial charge in [-0.1, -0.05) is 26.2 Å². The molecule has 2 atom stereocenters. The van der Waals surface area contributed by atoms with E-state index in [1.54, 1.807) is 0 Å². The van der Waals surface area contributed by atoms with Gasteiger partial charge in [0.2, 0.25) is 5.91 Å². The van der Waals surface area contributed by atoms with Gasteiger partial charge in [0.15, 0.2) is 0 Å². The van der Waals surface area contributed by atoms with Crippen molar-refractivity contribution in [1.82, 2.24) is 10.2 Å². The molecule has 0 aromatic rings. The lowest BCUT2D eigenvalue weighted by atomic mass is 9.84. The topological polar surface area (TPSA) is 58.4 Å². The summed E-state index contributed by atoms with van der Waals surface area (Å²) in [5, 5.41) is 3.74. The highest BCUT2D eigenvalue weighted by atomic mass is 16.1. The fourth-order valence-corrected chi connectivity index (χ4v) is 3.53. The van der Waals surface area contributed by atoms with Crippen LogP contribution in [0.2, 0.25) is 0 Å². The van der Waals surface area contributed by atoms with Crippen molar-refractivity contribution in [3.8, 4) is 0 Å². The molecule has 0 radical (unpaired) electrons. The molecule has 4 heteroatoms. The number of unbranched alkanes of at least 4 members (excludes halogenated alkanes) is 1. The molecule has 0 bridgehead atoms. The minimum Gasteiger partial charge on any atom is -0.369 e. The summed E-state index contributed by atoms with van der Waals surface area (Å²) in [6.07, 6.45) is 9.30. The summed E-state index contributed by atoms with van der Waals surface area (Å²) in [5.41, 5.74) is 5.37. The molecule has 0 aromatic carbocycles. The number of nitrogens with two attached hydrogens (primary N) is 1. The Labute approximate surface area is 123 Å². The zero-order valence-corrected chi connectivity index (χ0v) is 12.9. The number of nitrogens with zero attached hydrogens (tertiary/aromatic N) is 1. The Bertz CT molecular complexity index is 304. The van der Waals surface area contributed by atoms with Gasteiger partial charge < -0.3 is 11.1 Å². The van der Waals surface area contributed by atoms with Crippen LogP contribution in [0.15, 0.2) is 0 Å². The van der Waals surface area contributed by atoms with Crippen LogP contribution in [-0.4, -0.2) is 43.0 Å². The molecule has 4 nitrogen and oxygen atoms in total. The van der Waals surface area contributed by atoms with Gasteiger partial charge in [0.05, 0.1) is 6.54 Å². The van der Waals surface area contributed by atoms with E-state index in [2.05, 4.69) is 17.1 Å². The molecule has 1 saturated carbocycles. The average molecular weight is 281 g/mol. The van der Waals surface area contributed by atoms with Crippen LogP contribution in [0.4, 0.5) is 0 Å². The number of piperidine rings is 1. The number of hydrogen-bond donors (Lipinski definition) is 2. The molecule has 2 aliphatic rings. The smallest absolute Gasteiger partial charge is 0.231 e. The third kappa shape index (κ3) is 5.06. The van der Waals surface area contributed by atoms with Crippen LogP contribution in [0.25, 0.3) is 0 Å². The van der Waals surface area contributed by atoms with E-state index in [1.807, 2.05) is 0 Å². The predicted octanol–water partition coefficient (Wildman–Crippen LogP) is 1.74. The summed E-state index contributed by atoms with van der Waals surface area (Å²) < 4.78 is 0. The first-order chi connectivity index (χ1) is 9.67. The Morgan fingerprint density at radius 1 is 1.30 bits per heavy atom. The maximum atomic E-state index is 11.2. The van der Waals surface area contributed by atoms with Crippen LogP contribution >= 0.6 is 0 Å². The van der Waals surface area contributed by atoms with Gasteiger partial charge in [0.1, 0.15) is 0 Å². The van der Waals surface area contributed by atoms with Crippen molar-refractivity contribution in [3.63, 3.8) is 0 Å². The molecule has 1 saturated heterocycles. The van der Waals surface area contributed by atoms with E-state index in [0.717, 1.165) is 31.5 Å². The third-order valence-corrected chi connectivity index (χ3v) is 4.88. The average Bonchev–Trinajstić information content (AvgIpc) is 2.33. The first-order valence-corrected chi connectivity index (χ1v) is 8.41. The fraction of sp³-hybridized carbons (Fsp3) is 0.938. The van der Waals surface area contributed by atoms with Gasteiger partial charge in [-0.15, -0.1) is 0 Å². The van der Waals surface area contributed by atoms with E-state index >= 15 is 0 Å². The lowest BCUT2D eigenvalue weighted by Crippen LogP contribution is -2.52. The van der Waals surface area contributed by atoms with Gasteiger partial charge in [0.25, 0.3) is 0 Å². The Hall–Kier alpha value is -0.610. The summed E-state index contributed by atoms with van der Waals surface area (Å²) in [5.74, 6) is 1.43. The van der Waals surface area contributed by atoms with Crippen LogP contribution in [-0.2, 0) is 4.79 Å². The number of primary amides is 1. The molecule has 1 amide bonds. The van der Waals surface area contributed by atoms with Crippen LogP contribution in [0, 0.1) is 11.8 Å².